The molecular weight excluding hydrogens is 491 g/mol. The van der Waals surface area contributed by atoms with Gasteiger partial charge in [-0.2, -0.15) is 5.10 Å². The number of aryl methyl sites for hydroxylation is 2. The van der Waals surface area contributed by atoms with Gasteiger partial charge in [0.1, 0.15) is 0 Å². The van der Waals surface area contributed by atoms with Gasteiger partial charge in [0.2, 0.25) is 0 Å². The Morgan fingerprint density at radius 2 is 1.93 bits per heavy atom. The van der Waals surface area contributed by atoms with E-state index in [1.165, 1.54) is 16.7 Å². The molecule has 1 fully saturated rings. The van der Waals surface area contributed by atoms with Crippen molar-refractivity contribution in [3.8, 4) is 0 Å². The molecule has 2 aromatic rings. The number of hydrogen-bond acceptors (Lipinski definition) is 4. The normalized spacial score (nSPS) is 14.9. The highest BCUT2D eigenvalue weighted by molar-refractivity contribution is 14.0. The van der Waals surface area contributed by atoms with Crippen LogP contribution in [0.2, 0.25) is 0 Å². The monoisotopic (exact) mass is 526 g/mol. The van der Waals surface area contributed by atoms with Crippen LogP contribution in [0.5, 0.6) is 0 Å². The van der Waals surface area contributed by atoms with Gasteiger partial charge >= 0.3 is 0 Å². The Morgan fingerprint density at radius 3 is 2.63 bits per heavy atom. The molecule has 0 saturated carbocycles. The van der Waals surface area contributed by atoms with E-state index in [1.54, 1.807) is 0 Å². The number of rotatable bonds is 9. The van der Waals surface area contributed by atoms with Crippen LogP contribution in [0.4, 0.5) is 0 Å². The molecule has 3 rings (SSSR count). The summed E-state index contributed by atoms with van der Waals surface area (Å²) in [6.07, 6.45) is 3.97. The van der Waals surface area contributed by atoms with E-state index in [-0.39, 0.29) is 24.0 Å². The van der Waals surface area contributed by atoms with Crippen molar-refractivity contribution in [1.29, 1.82) is 0 Å². The van der Waals surface area contributed by atoms with Crippen molar-refractivity contribution in [2.24, 2.45) is 4.99 Å². The molecule has 1 aliphatic heterocycles. The minimum atomic E-state index is 0. The van der Waals surface area contributed by atoms with Crippen LogP contribution in [0.1, 0.15) is 35.7 Å². The van der Waals surface area contributed by atoms with Crippen molar-refractivity contribution in [1.82, 2.24) is 25.7 Å². The first-order valence-electron chi connectivity index (χ1n) is 10.6. The van der Waals surface area contributed by atoms with Gasteiger partial charge in [-0.25, -0.2) is 4.99 Å². The molecule has 0 amide bonds. The zero-order valence-electron chi connectivity index (χ0n) is 18.1. The third-order valence-electron chi connectivity index (χ3n) is 5.22. The fourth-order valence-corrected chi connectivity index (χ4v) is 3.49. The minimum Gasteiger partial charge on any atom is -0.379 e. The second-order valence-electron chi connectivity index (χ2n) is 7.40. The predicted octanol–water partition coefficient (Wildman–Crippen LogP) is 2.86. The SMILES string of the molecule is CCNC(=NCc1ccccc1CN1CCOCC1)NCCCc1cn[nH]c1C.I. The summed E-state index contributed by atoms with van der Waals surface area (Å²) in [5.74, 6) is 0.873. The van der Waals surface area contributed by atoms with E-state index in [2.05, 4.69) is 63.8 Å². The van der Waals surface area contributed by atoms with Crippen LogP contribution in [0.15, 0.2) is 35.5 Å². The van der Waals surface area contributed by atoms with Crippen LogP contribution in [0.25, 0.3) is 0 Å². The smallest absolute Gasteiger partial charge is 0.191 e. The van der Waals surface area contributed by atoms with E-state index in [9.17, 15) is 0 Å². The Bertz CT molecular complexity index is 772. The summed E-state index contributed by atoms with van der Waals surface area (Å²) < 4.78 is 5.47. The maximum atomic E-state index is 5.47. The van der Waals surface area contributed by atoms with Crippen molar-refractivity contribution in [2.75, 3.05) is 39.4 Å². The molecule has 8 heteroatoms. The number of morpholine rings is 1. The molecule has 7 nitrogen and oxygen atoms in total. The van der Waals surface area contributed by atoms with E-state index in [4.69, 9.17) is 9.73 Å². The first kappa shape index (κ1) is 24.6. The van der Waals surface area contributed by atoms with Crippen LogP contribution < -0.4 is 10.6 Å². The number of aromatic amines is 1. The lowest BCUT2D eigenvalue weighted by Gasteiger charge is -2.27. The molecule has 0 aliphatic carbocycles. The van der Waals surface area contributed by atoms with Crippen LogP contribution in [0.3, 0.4) is 0 Å². The van der Waals surface area contributed by atoms with Gasteiger partial charge in [0.05, 0.1) is 26.0 Å². The standard InChI is InChI=1S/C22H34N6O.HI/c1-3-23-22(24-10-6-9-19-16-26-27-18(19)2)25-15-20-7-4-5-8-21(20)17-28-11-13-29-14-12-28;/h4-5,7-8,16H,3,6,9-15,17H2,1-2H3,(H,26,27)(H2,23,24,25);1H. The molecule has 2 heterocycles. The molecule has 166 valence electrons. The zero-order valence-corrected chi connectivity index (χ0v) is 20.4. The van der Waals surface area contributed by atoms with Crippen molar-refractivity contribution >= 4 is 29.9 Å². The molecule has 0 bridgehead atoms. The topological polar surface area (TPSA) is 77.6 Å². The molecular formula is C22H35IN6O. The van der Waals surface area contributed by atoms with Gasteiger partial charge in [0.25, 0.3) is 0 Å². The highest BCUT2D eigenvalue weighted by Gasteiger charge is 2.12. The van der Waals surface area contributed by atoms with Gasteiger partial charge in [0.15, 0.2) is 5.96 Å². The van der Waals surface area contributed by atoms with Gasteiger partial charge in [0, 0.05) is 38.4 Å². The number of aliphatic imine (C=N–C) groups is 1. The molecule has 0 spiro atoms. The maximum absolute atomic E-state index is 5.47. The summed E-state index contributed by atoms with van der Waals surface area (Å²) in [7, 11) is 0. The maximum Gasteiger partial charge on any atom is 0.191 e. The number of hydrogen-bond donors (Lipinski definition) is 3. The Hall–Kier alpha value is -1.65. The van der Waals surface area contributed by atoms with E-state index in [0.717, 1.165) is 70.4 Å². The second-order valence-corrected chi connectivity index (χ2v) is 7.40. The Morgan fingerprint density at radius 1 is 1.17 bits per heavy atom. The van der Waals surface area contributed by atoms with E-state index in [1.807, 2.05) is 6.20 Å². The number of guanidine groups is 1. The largest absolute Gasteiger partial charge is 0.379 e. The van der Waals surface area contributed by atoms with Gasteiger partial charge in [-0.1, -0.05) is 24.3 Å². The zero-order chi connectivity index (χ0) is 20.3. The van der Waals surface area contributed by atoms with E-state index < -0.39 is 0 Å². The van der Waals surface area contributed by atoms with Gasteiger partial charge in [-0.3, -0.25) is 10.00 Å². The molecule has 0 radical (unpaired) electrons. The van der Waals surface area contributed by atoms with E-state index >= 15 is 0 Å². The van der Waals surface area contributed by atoms with Gasteiger partial charge in [-0.05, 0) is 43.4 Å². The van der Waals surface area contributed by atoms with Crippen LogP contribution in [-0.2, 0) is 24.2 Å². The first-order chi connectivity index (χ1) is 14.3. The van der Waals surface area contributed by atoms with Crippen LogP contribution in [0, 0.1) is 6.92 Å². The molecule has 0 unspecified atom stereocenters. The number of nitrogens with one attached hydrogen (secondary N) is 3. The number of halogens is 1. The third-order valence-corrected chi connectivity index (χ3v) is 5.22. The Balaban J connectivity index is 0.00000320. The van der Waals surface area contributed by atoms with Crippen molar-refractivity contribution in [3.63, 3.8) is 0 Å². The molecule has 1 aromatic heterocycles. The Labute approximate surface area is 197 Å². The number of benzene rings is 1. The lowest BCUT2D eigenvalue weighted by molar-refractivity contribution is 0.0341. The van der Waals surface area contributed by atoms with E-state index in [0.29, 0.717) is 6.54 Å². The molecule has 1 saturated heterocycles. The van der Waals surface area contributed by atoms with Gasteiger partial charge < -0.3 is 15.4 Å². The lowest BCUT2D eigenvalue weighted by Crippen LogP contribution is -2.38. The molecule has 30 heavy (non-hydrogen) atoms. The third kappa shape index (κ3) is 7.88. The Kier molecular flexibility index (Phi) is 11.2. The fourth-order valence-electron chi connectivity index (χ4n) is 3.49. The summed E-state index contributed by atoms with van der Waals surface area (Å²) in [5.41, 5.74) is 5.07. The summed E-state index contributed by atoms with van der Waals surface area (Å²) in [6.45, 7) is 11.2. The average Bonchev–Trinajstić information content (AvgIpc) is 3.15. The van der Waals surface area contributed by atoms with Crippen LogP contribution >= 0.6 is 24.0 Å². The number of aromatic nitrogens is 2. The summed E-state index contributed by atoms with van der Waals surface area (Å²) in [5, 5.41) is 13.9. The van der Waals surface area contributed by atoms with Crippen molar-refractivity contribution in [2.45, 2.75) is 39.8 Å². The predicted molar refractivity (Wildman–Crippen MR) is 132 cm³/mol. The molecule has 3 N–H and O–H groups in total. The summed E-state index contributed by atoms with van der Waals surface area (Å²) >= 11 is 0. The highest BCUT2D eigenvalue weighted by Crippen LogP contribution is 2.14. The van der Waals surface area contributed by atoms with Crippen molar-refractivity contribution < 1.29 is 4.74 Å². The number of ether oxygens (including phenoxy) is 1. The summed E-state index contributed by atoms with van der Waals surface area (Å²) in [4.78, 5) is 7.27. The van der Waals surface area contributed by atoms with Crippen LogP contribution in [-0.4, -0.2) is 60.4 Å². The average molecular weight is 526 g/mol. The highest BCUT2D eigenvalue weighted by atomic mass is 127. The second kappa shape index (κ2) is 13.6. The van der Waals surface area contributed by atoms with Gasteiger partial charge in [-0.15, -0.1) is 24.0 Å². The molecule has 0 atom stereocenters. The first-order valence-corrected chi connectivity index (χ1v) is 10.6. The molecule has 1 aliphatic rings. The quantitative estimate of drug-likeness (QED) is 0.203. The molecule has 1 aromatic carbocycles. The minimum absolute atomic E-state index is 0. The number of H-pyrrole nitrogens is 1. The fraction of sp³-hybridized carbons (Fsp3) is 0.545. The van der Waals surface area contributed by atoms with Crippen molar-refractivity contribution in [3.05, 3.63) is 52.8 Å². The summed E-state index contributed by atoms with van der Waals surface area (Å²) in [6, 6.07) is 8.62. The number of nitrogens with zero attached hydrogens (tertiary/aromatic N) is 3. The lowest BCUT2D eigenvalue weighted by atomic mass is 10.1.